The number of hydrogen-bond acceptors (Lipinski definition) is 3. The fraction of sp³-hybridized carbons (Fsp3) is 0.818. The van der Waals surface area contributed by atoms with E-state index in [1.54, 1.807) is 20.8 Å². The number of nitrogens with zero attached hydrogens (tertiary/aromatic N) is 1. The van der Waals surface area contributed by atoms with Gasteiger partial charge in [-0.3, -0.25) is 4.79 Å². The van der Waals surface area contributed by atoms with Gasteiger partial charge in [0, 0.05) is 13.0 Å². The van der Waals surface area contributed by atoms with Gasteiger partial charge in [-0.25, -0.2) is 9.69 Å². The second kappa shape index (κ2) is 2.97. The van der Waals surface area contributed by atoms with Crippen LogP contribution in [0.2, 0.25) is 0 Å². The third-order valence-corrected chi connectivity index (χ3v) is 2.89. The van der Waals surface area contributed by atoms with E-state index in [0.29, 0.717) is 13.0 Å². The molecule has 4 heteroatoms. The standard InChI is InChI=1S/C11H17NO3/c1-10(2,3)15-9(14)12-7-11(4-5-11)6-8(12)13/h4-7H2,1-3H3. The van der Waals surface area contributed by atoms with E-state index < -0.39 is 11.7 Å². The third-order valence-electron chi connectivity index (χ3n) is 2.89. The van der Waals surface area contributed by atoms with Crippen molar-refractivity contribution in [1.82, 2.24) is 4.90 Å². The second-order valence-electron chi connectivity index (χ2n) is 5.64. The van der Waals surface area contributed by atoms with Crippen LogP contribution in [0.4, 0.5) is 4.79 Å². The largest absolute Gasteiger partial charge is 0.443 e. The highest BCUT2D eigenvalue weighted by molar-refractivity contribution is 5.94. The van der Waals surface area contributed by atoms with Gasteiger partial charge < -0.3 is 4.74 Å². The average molecular weight is 211 g/mol. The smallest absolute Gasteiger partial charge is 0.417 e. The zero-order valence-corrected chi connectivity index (χ0v) is 9.50. The highest BCUT2D eigenvalue weighted by atomic mass is 16.6. The average Bonchev–Trinajstić information content (AvgIpc) is 2.67. The van der Waals surface area contributed by atoms with Gasteiger partial charge in [-0.15, -0.1) is 0 Å². The van der Waals surface area contributed by atoms with Gasteiger partial charge >= 0.3 is 6.09 Å². The Morgan fingerprint density at radius 1 is 1.40 bits per heavy atom. The Morgan fingerprint density at radius 2 is 2.00 bits per heavy atom. The highest BCUT2D eigenvalue weighted by Gasteiger charge is 2.53. The Labute approximate surface area is 89.6 Å². The quantitative estimate of drug-likeness (QED) is 0.615. The molecule has 1 aliphatic carbocycles. The third kappa shape index (κ3) is 2.13. The maximum absolute atomic E-state index is 11.7. The number of carbonyl (C=O) groups is 2. The van der Waals surface area contributed by atoms with Crippen LogP contribution in [0.25, 0.3) is 0 Å². The molecule has 2 fully saturated rings. The number of carbonyl (C=O) groups excluding carboxylic acids is 2. The van der Waals surface area contributed by atoms with Crippen molar-refractivity contribution in [2.75, 3.05) is 6.54 Å². The number of imide groups is 1. The molecule has 0 N–H and O–H groups in total. The van der Waals surface area contributed by atoms with Gasteiger partial charge in [0.2, 0.25) is 5.91 Å². The molecule has 2 rings (SSSR count). The van der Waals surface area contributed by atoms with Crippen LogP contribution in [0, 0.1) is 5.41 Å². The number of hydrogen-bond donors (Lipinski definition) is 0. The Bertz CT molecular complexity index is 312. The topological polar surface area (TPSA) is 46.6 Å². The number of ether oxygens (including phenoxy) is 1. The monoisotopic (exact) mass is 211 g/mol. The Kier molecular flexibility index (Phi) is 2.07. The minimum Gasteiger partial charge on any atom is -0.443 e. The summed E-state index contributed by atoms with van der Waals surface area (Å²) in [4.78, 5) is 24.5. The van der Waals surface area contributed by atoms with Crippen molar-refractivity contribution in [2.24, 2.45) is 5.41 Å². The van der Waals surface area contributed by atoms with Crippen LogP contribution in [0.5, 0.6) is 0 Å². The maximum atomic E-state index is 11.7. The van der Waals surface area contributed by atoms with E-state index in [9.17, 15) is 9.59 Å². The molecule has 0 unspecified atom stereocenters. The fourth-order valence-corrected chi connectivity index (χ4v) is 1.89. The zero-order chi connectivity index (χ0) is 11.3. The van der Waals surface area contributed by atoms with Crippen LogP contribution in [0.1, 0.15) is 40.0 Å². The zero-order valence-electron chi connectivity index (χ0n) is 9.50. The molecule has 2 amide bonds. The van der Waals surface area contributed by atoms with Crippen LogP contribution in [0.3, 0.4) is 0 Å². The summed E-state index contributed by atoms with van der Waals surface area (Å²) >= 11 is 0. The minimum absolute atomic E-state index is 0.0817. The van der Waals surface area contributed by atoms with Gasteiger partial charge in [0.25, 0.3) is 0 Å². The molecule has 0 radical (unpaired) electrons. The summed E-state index contributed by atoms with van der Waals surface area (Å²) in [6, 6.07) is 0. The van der Waals surface area contributed by atoms with Gasteiger partial charge in [0.1, 0.15) is 5.60 Å². The molecule has 0 aromatic heterocycles. The van der Waals surface area contributed by atoms with Crippen molar-refractivity contribution < 1.29 is 14.3 Å². The van der Waals surface area contributed by atoms with Crippen molar-refractivity contribution in [1.29, 1.82) is 0 Å². The number of rotatable bonds is 0. The molecule has 84 valence electrons. The molecular formula is C11H17NO3. The van der Waals surface area contributed by atoms with Gasteiger partial charge in [0.05, 0.1) is 0 Å². The van der Waals surface area contributed by atoms with Crippen molar-refractivity contribution in [3.63, 3.8) is 0 Å². The summed E-state index contributed by atoms with van der Waals surface area (Å²) in [6.07, 6.45) is 2.17. The number of amides is 2. The van der Waals surface area contributed by atoms with E-state index in [2.05, 4.69) is 0 Å². The summed E-state index contributed by atoms with van der Waals surface area (Å²) in [5, 5.41) is 0. The molecule has 1 spiro atoms. The van der Waals surface area contributed by atoms with Gasteiger partial charge in [-0.2, -0.15) is 0 Å². The van der Waals surface area contributed by atoms with Crippen molar-refractivity contribution in [2.45, 2.75) is 45.6 Å². The summed E-state index contributed by atoms with van der Waals surface area (Å²) in [5.74, 6) is -0.0817. The second-order valence-corrected chi connectivity index (χ2v) is 5.64. The fourth-order valence-electron chi connectivity index (χ4n) is 1.89. The van der Waals surface area contributed by atoms with Crippen LogP contribution in [0.15, 0.2) is 0 Å². The molecule has 0 bridgehead atoms. The van der Waals surface area contributed by atoms with Crippen LogP contribution < -0.4 is 0 Å². The van der Waals surface area contributed by atoms with Gasteiger partial charge in [-0.05, 0) is 39.0 Å². The lowest BCUT2D eigenvalue weighted by Gasteiger charge is -2.23. The summed E-state index contributed by atoms with van der Waals surface area (Å²) in [5.41, 5.74) is -0.412. The predicted octanol–water partition coefficient (Wildman–Crippen LogP) is 1.93. The molecule has 0 aromatic rings. The van der Waals surface area contributed by atoms with E-state index in [1.807, 2.05) is 0 Å². The van der Waals surface area contributed by atoms with E-state index >= 15 is 0 Å². The van der Waals surface area contributed by atoms with E-state index in [1.165, 1.54) is 4.90 Å². The van der Waals surface area contributed by atoms with Crippen molar-refractivity contribution in [3.8, 4) is 0 Å². The molecule has 1 saturated heterocycles. The molecule has 0 aromatic carbocycles. The normalized spacial score (nSPS) is 23.4. The lowest BCUT2D eigenvalue weighted by atomic mass is 10.1. The number of likely N-dealkylation sites (tertiary alicyclic amines) is 1. The first-order valence-corrected chi connectivity index (χ1v) is 5.35. The Morgan fingerprint density at radius 3 is 2.40 bits per heavy atom. The van der Waals surface area contributed by atoms with Crippen LogP contribution in [-0.2, 0) is 9.53 Å². The summed E-state index contributed by atoms with van der Waals surface area (Å²) in [6.45, 7) is 5.97. The molecule has 1 saturated carbocycles. The Balaban J connectivity index is 1.99. The molecular weight excluding hydrogens is 194 g/mol. The summed E-state index contributed by atoms with van der Waals surface area (Å²) in [7, 11) is 0. The SMILES string of the molecule is CC(C)(C)OC(=O)N1CC2(CC2)CC1=O. The van der Waals surface area contributed by atoms with Crippen molar-refractivity contribution in [3.05, 3.63) is 0 Å². The minimum atomic E-state index is -0.531. The first kappa shape index (κ1) is 10.5. The van der Waals surface area contributed by atoms with Gasteiger partial charge in [-0.1, -0.05) is 0 Å². The molecule has 4 nitrogen and oxygen atoms in total. The molecule has 1 heterocycles. The molecule has 0 atom stereocenters. The maximum Gasteiger partial charge on any atom is 0.417 e. The van der Waals surface area contributed by atoms with Crippen LogP contribution >= 0.6 is 0 Å². The van der Waals surface area contributed by atoms with Crippen molar-refractivity contribution >= 4 is 12.0 Å². The first-order valence-electron chi connectivity index (χ1n) is 5.35. The first-order chi connectivity index (χ1) is 6.81. The summed E-state index contributed by atoms with van der Waals surface area (Å²) < 4.78 is 5.18. The highest BCUT2D eigenvalue weighted by Crippen LogP contribution is 2.53. The van der Waals surface area contributed by atoms with Crippen LogP contribution in [-0.4, -0.2) is 29.0 Å². The predicted molar refractivity (Wildman–Crippen MR) is 54.2 cm³/mol. The lowest BCUT2D eigenvalue weighted by Crippen LogP contribution is -2.37. The van der Waals surface area contributed by atoms with E-state index in [-0.39, 0.29) is 11.3 Å². The molecule has 1 aliphatic heterocycles. The molecule has 15 heavy (non-hydrogen) atoms. The molecule has 2 aliphatic rings. The van der Waals surface area contributed by atoms with Gasteiger partial charge in [0.15, 0.2) is 0 Å². The van der Waals surface area contributed by atoms with E-state index in [4.69, 9.17) is 4.74 Å². The lowest BCUT2D eigenvalue weighted by molar-refractivity contribution is -0.127. The van der Waals surface area contributed by atoms with E-state index in [0.717, 1.165) is 12.8 Å². The Hall–Kier alpha value is -1.06.